The molecule has 0 unspecified atom stereocenters. The van der Waals surface area contributed by atoms with Gasteiger partial charge in [0.1, 0.15) is 0 Å². The molecule has 0 spiro atoms. The van der Waals surface area contributed by atoms with Crippen molar-refractivity contribution < 1.29 is 4.40 Å². The standard InChI is InChI=1S/C12H9BrNS/c13-7-10-8-15-12-6-5-9-3-1-2-4-11(9)14(10)12/h1-6,8H,7H2/q+1. The van der Waals surface area contributed by atoms with Gasteiger partial charge in [0.2, 0.25) is 11.2 Å². The number of pyridine rings is 1. The first-order valence-corrected chi connectivity index (χ1v) is 6.76. The number of benzene rings is 1. The van der Waals surface area contributed by atoms with Gasteiger partial charge in [-0.05, 0) is 12.1 Å². The molecule has 0 aliphatic rings. The van der Waals surface area contributed by atoms with E-state index in [4.69, 9.17) is 0 Å². The Kier molecular flexibility index (Phi) is 2.22. The molecule has 0 bridgehead atoms. The van der Waals surface area contributed by atoms with E-state index in [1.807, 2.05) is 0 Å². The van der Waals surface area contributed by atoms with E-state index < -0.39 is 0 Å². The van der Waals surface area contributed by atoms with Crippen molar-refractivity contribution in [3.63, 3.8) is 0 Å². The van der Waals surface area contributed by atoms with E-state index in [-0.39, 0.29) is 0 Å². The summed E-state index contributed by atoms with van der Waals surface area (Å²) in [5.74, 6) is 0. The first-order chi connectivity index (χ1) is 7.40. The molecule has 3 heteroatoms. The van der Waals surface area contributed by atoms with Crippen molar-refractivity contribution >= 4 is 43.0 Å². The van der Waals surface area contributed by atoms with Gasteiger partial charge in [0.25, 0.3) is 4.83 Å². The largest absolute Gasteiger partial charge is 0.267 e. The van der Waals surface area contributed by atoms with E-state index in [2.05, 4.69) is 62.1 Å². The molecule has 2 aromatic heterocycles. The lowest BCUT2D eigenvalue weighted by Gasteiger charge is -1.93. The lowest BCUT2D eigenvalue weighted by molar-refractivity contribution is -0.485. The Labute approximate surface area is 100 Å². The number of hydrogen-bond donors (Lipinski definition) is 0. The second-order valence-electron chi connectivity index (χ2n) is 3.43. The van der Waals surface area contributed by atoms with Gasteiger partial charge in [0.05, 0.1) is 10.7 Å². The van der Waals surface area contributed by atoms with E-state index in [9.17, 15) is 0 Å². The van der Waals surface area contributed by atoms with Crippen LogP contribution >= 0.6 is 27.3 Å². The summed E-state index contributed by atoms with van der Waals surface area (Å²) in [5.41, 5.74) is 2.59. The smallest absolute Gasteiger partial charge is 0.146 e. The van der Waals surface area contributed by atoms with Gasteiger partial charge in [0.15, 0.2) is 0 Å². The summed E-state index contributed by atoms with van der Waals surface area (Å²) in [7, 11) is 0. The summed E-state index contributed by atoms with van der Waals surface area (Å²) in [6.45, 7) is 0. The molecule has 15 heavy (non-hydrogen) atoms. The normalized spacial score (nSPS) is 11.3. The van der Waals surface area contributed by atoms with Crippen LogP contribution in [0.2, 0.25) is 0 Å². The first-order valence-electron chi connectivity index (χ1n) is 4.76. The highest BCUT2D eigenvalue weighted by Gasteiger charge is 2.15. The van der Waals surface area contributed by atoms with Crippen LogP contribution in [0, 0.1) is 0 Å². The molecule has 0 saturated carbocycles. The van der Waals surface area contributed by atoms with Crippen LogP contribution in [0.3, 0.4) is 0 Å². The fraction of sp³-hybridized carbons (Fsp3) is 0.0833. The van der Waals surface area contributed by atoms with Crippen molar-refractivity contribution in [1.82, 2.24) is 0 Å². The predicted octanol–water partition coefficient (Wildman–Crippen LogP) is 3.53. The molecule has 0 N–H and O–H groups in total. The van der Waals surface area contributed by atoms with E-state index in [0.29, 0.717) is 0 Å². The van der Waals surface area contributed by atoms with Gasteiger partial charge in [-0.25, -0.2) is 0 Å². The highest BCUT2D eigenvalue weighted by atomic mass is 79.9. The monoisotopic (exact) mass is 278 g/mol. The summed E-state index contributed by atoms with van der Waals surface area (Å²) in [4.78, 5) is 1.29. The maximum atomic E-state index is 3.53. The van der Waals surface area contributed by atoms with Gasteiger partial charge in [0, 0.05) is 17.5 Å². The summed E-state index contributed by atoms with van der Waals surface area (Å²) >= 11 is 5.32. The number of thiazole rings is 1. The molecule has 0 aliphatic carbocycles. The minimum atomic E-state index is 0.895. The minimum Gasteiger partial charge on any atom is -0.146 e. The van der Waals surface area contributed by atoms with E-state index in [0.717, 1.165) is 5.33 Å². The molecule has 2 heterocycles. The van der Waals surface area contributed by atoms with Gasteiger partial charge in [-0.3, -0.25) is 0 Å². The van der Waals surface area contributed by atoms with Crippen LogP contribution < -0.4 is 4.40 Å². The Hall–Kier alpha value is -0.930. The van der Waals surface area contributed by atoms with Crippen LogP contribution in [0.5, 0.6) is 0 Å². The number of alkyl halides is 1. The lowest BCUT2D eigenvalue weighted by Crippen LogP contribution is -2.24. The average Bonchev–Trinajstić information content (AvgIpc) is 2.72. The van der Waals surface area contributed by atoms with Crippen LogP contribution in [-0.4, -0.2) is 0 Å². The zero-order valence-electron chi connectivity index (χ0n) is 7.98. The van der Waals surface area contributed by atoms with Crippen LogP contribution in [0.4, 0.5) is 0 Å². The topological polar surface area (TPSA) is 4.10 Å². The number of halogens is 1. The molecule has 0 aliphatic heterocycles. The Morgan fingerprint density at radius 2 is 2.00 bits per heavy atom. The minimum absolute atomic E-state index is 0.895. The lowest BCUT2D eigenvalue weighted by atomic mass is 10.2. The van der Waals surface area contributed by atoms with Gasteiger partial charge < -0.3 is 0 Å². The SMILES string of the molecule is BrCc1csc2ccc3ccccc3[n+]12. The van der Waals surface area contributed by atoms with E-state index >= 15 is 0 Å². The molecule has 0 fully saturated rings. The maximum absolute atomic E-state index is 3.53. The van der Waals surface area contributed by atoms with Gasteiger partial charge in [-0.15, -0.1) is 4.40 Å². The van der Waals surface area contributed by atoms with Crippen molar-refractivity contribution in [3.05, 3.63) is 47.5 Å². The summed E-state index contributed by atoms with van der Waals surface area (Å²) < 4.78 is 2.31. The molecule has 0 atom stereocenters. The third-order valence-corrected chi connectivity index (χ3v) is 4.07. The molecule has 0 amide bonds. The number of para-hydroxylation sites is 1. The average molecular weight is 279 g/mol. The molecule has 3 rings (SSSR count). The molecule has 0 saturated heterocycles. The number of rotatable bonds is 1. The van der Waals surface area contributed by atoms with E-state index in [1.165, 1.54) is 21.4 Å². The molecule has 1 nitrogen and oxygen atoms in total. The fourth-order valence-electron chi connectivity index (χ4n) is 1.85. The van der Waals surface area contributed by atoms with Crippen molar-refractivity contribution in [2.75, 3.05) is 0 Å². The van der Waals surface area contributed by atoms with Gasteiger partial charge >= 0.3 is 0 Å². The Morgan fingerprint density at radius 1 is 1.13 bits per heavy atom. The van der Waals surface area contributed by atoms with Crippen molar-refractivity contribution in [3.8, 4) is 0 Å². The summed E-state index contributed by atoms with van der Waals surface area (Å²) in [6, 6.07) is 12.8. The zero-order chi connectivity index (χ0) is 10.3. The number of fused-ring (bicyclic) bond motifs is 3. The molecule has 0 radical (unpaired) electrons. The number of hydrogen-bond acceptors (Lipinski definition) is 1. The number of nitrogens with zero attached hydrogens (tertiary/aromatic N) is 1. The van der Waals surface area contributed by atoms with Crippen molar-refractivity contribution in [1.29, 1.82) is 0 Å². The molecule has 3 aromatic rings. The highest BCUT2D eigenvalue weighted by Crippen LogP contribution is 2.17. The van der Waals surface area contributed by atoms with Crippen LogP contribution in [0.15, 0.2) is 41.8 Å². The molecule has 74 valence electrons. The summed E-state index contributed by atoms with van der Waals surface area (Å²) in [5, 5.41) is 4.39. The van der Waals surface area contributed by atoms with Crippen LogP contribution in [-0.2, 0) is 5.33 Å². The Morgan fingerprint density at radius 3 is 2.87 bits per heavy atom. The van der Waals surface area contributed by atoms with Crippen LogP contribution in [0.1, 0.15) is 5.69 Å². The predicted molar refractivity (Wildman–Crippen MR) is 67.6 cm³/mol. The summed E-state index contributed by atoms with van der Waals surface area (Å²) in [6.07, 6.45) is 0. The fourth-order valence-corrected chi connectivity index (χ4v) is 3.39. The van der Waals surface area contributed by atoms with Crippen molar-refractivity contribution in [2.24, 2.45) is 0 Å². The Balaban J connectivity index is 2.56. The molecule has 1 aromatic carbocycles. The third-order valence-electron chi connectivity index (χ3n) is 2.54. The first kappa shape index (κ1) is 9.31. The second-order valence-corrected chi connectivity index (χ2v) is 4.88. The van der Waals surface area contributed by atoms with E-state index in [1.54, 1.807) is 11.3 Å². The van der Waals surface area contributed by atoms with Crippen LogP contribution in [0.25, 0.3) is 15.7 Å². The second kappa shape index (κ2) is 3.58. The highest BCUT2D eigenvalue weighted by molar-refractivity contribution is 9.08. The zero-order valence-corrected chi connectivity index (χ0v) is 10.4. The number of aromatic nitrogens is 1. The molecular weight excluding hydrogens is 270 g/mol. The van der Waals surface area contributed by atoms with Crippen molar-refractivity contribution in [2.45, 2.75) is 5.33 Å². The van der Waals surface area contributed by atoms with Gasteiger partial charge in [-0.2, -0.15) is 0 Å². The quantitative estimate of drug-likeness (QED) is 0.474. The maximum Gasteiger partial charge on any atom is 0.267 e. The Bertz CT molecular complexity index is 630. The third kappa shape index (κ3) is 1.38. The molecular formula is C12H9BrNS+. The van der Waals surface area contributed by atoms with Gasteiger partial charge in [-0.1, -0.05) is 39.4 Å².